The van der Waals surface area contributed by atoms with Crippen LogP contribution in [0.2, 0.25) is 0 Å². The van der Waals surface area contributed by atoms with E-state index in [0.717, 1.165) is 5.69 Å². The zero-order valence-electron chi connectivity index (χ0n) is 12.9. The lowest BCUT2D eigenvalue weighted by molar-refractivity contribution is -0.149. The lowest BCUT2D eigenvalue weighted by Gasteiger charge is -2.39. The number of nitrogens with zero attached hydrogens (tertiary/aromatic N) is 1. The molecule has 1 aromatic rings. The van der Waals surface area contributed by atoms with E-state index in [1.54, 1.807) is 7.11 Å². The molecule has 0 saturated carbocycles. The van der Waals surface area contributed by atoms with Crippen molar-refractivity contribution in [3.63, 3.8) is 0 Å². The molecule has 0 aliphatic carbocycles. The number of aryl methyl sites for hydroxylation is 1. The largest absolute Gasteiger partial charge is 0.382 e. The van der Waals surface area contributed by atoms with Crippen molar-refractivity contribution in [1.82, 2.24) is 4.98 Å². The highest BCUT2D eigenvalue weighted by atomic mass is 16.5. The van der Waals surface area contributed by atoms with Crippen LogP contribution in [0.3, 0.4) is 0 Å². The summed E-state index contributed by atoms with van der Waals surface area (Å²) in [5, 5.41) is 0. The number of aromatic nitrogens is 1. The van der Waals surface area contributed by atoms with Gasteiger partial charge in [0.15, 0.2) is 0 Å². The van der Waals surface area contributed by atoms with Crippen LogP contribution < -0.4 is 0 Å². The third-order valence-corrected chi connectivity index (χ3v) is 4.26. The van der Waals surface area contributed by atoms with Gasteiger partial charge in [-0.3, -0.25) is 4.98 Å². The minimum absolute atomic E-state index is 0.0512. The molecule has 2 rings (SSSR count). The molecule has 0 spiro atoms. The smallest absolute Gasteiger partial charge is 0.124 e. The van der Waals surface area contributed by atoms with Crippen LogP contribution >= 0.6 is 0 Å². The van der Waals surface area contributed by atoms with E-state index < -0.39 is 0 Å². The molecule has 3 nitrogen and oxygen atoms in total. The molecule has 0 bridgehead atoms. The zero-order chi connectivity index (χ0) is 14.2. The fourth-order valence-electron chi connectivity index (χ4n) is 3.46. The summed E-state index contributed by atoms with van der Waals surface area (Å²) in [6.07, 6.45) is 1.82. The SMILES string of the molecule is COCC1OC(C(C)C)(C(C)C)c2c(C)ccnc21. The Hall–Kier alpha value is -0.930. The molecule has 1 aromatic heterocycles. The maximum absolute atomic E-state index is 6.48. The van der Waals surface area contributed by atoms with Crippen LogP contribution in [0.1, 0.15) is 50.6 Å². The molecule has 19 heavy (non-hydrogen) atoms. The molecule has 0 aromatic carbocycles. The number of methoxy groups -OCH3 is 1. The lowest BCUT2D eigenvalue weighted by atomic mass is 9.74. The molecule has 106 valence electrons. The van der Waals surface area contributed by atoms with Crippen LogP contribution in [0, 0.1) is 18.8 Å². The molecular weight excluding hydrogens is 238 g/mol. The van der Waals surface area contributed by atoms with E-state index in [1.165, 1.54) is 11.1 Å². The fourth-order valence-corrected chi connectivity index (χ4v) is 3.46. The van der Waals surface area contributed by atoms with Crippen LogP contribution in [0.4, 0.5) is 0 Å². The van der Waals surface area contributed by atoms with Crippen molar-refractivity contribution in [1.29, 1.82) is 0 Å². The first-order valence-corrected chi connectivity index (χ1v) is 7.07. The molecular formula is C16H25NO2. The Morgan fingerprint density at radius 2 is 1.95 bits per heavy atom. The number of pyridine rings is 1. The van der Waals surface area contributed by atoms with Crippen molar-refractivity contribution >= 4 is 0 Å². The lowest BCUT2D eigenvalue weighted by Crippen LogP contribution is -2.38. The second kappa shape index (κ2) is 5.22. The maximum Gasteiger partial charge on any atom is 0.124 e. The number of hydrogen-bond acceptors (Lipinski definition) is 3. The van der Waals surface area contributed by atoms with E-state index >= 15 is 0 Å². The molecule has 0 amide bonds. The summed E-state index contributed by atoms with van der Waals surface area (Å²) in [6, 6.07) is 2.08. The Morgan fingerprint density at radius 1 is 1.32 bits per heavy atom. The Morgan fingerprint density at radius 3 is 2.47 bits per heavy atom. The average molecular weight is 263 g/mol. The predicted octanol–water partition coefficient (Wildman–Crippen LogP) is 3.62. The topological polar surface area (TPSA) is 31.4 Å². The van der Waals surface area contributed by atoms with Gasteiger partial charge in [-0.2, -0.15) is 0 Å². The van der Waals surface area contributed by atoms with Crippen molar-refractivity contribution in [2.24, 2.45) is 11.8 Å². The van der Waals surface area contributed by atoms with Gasteiger partial charge in [0.2, 0.25) is 0 Å². The predicted molar refractivity (Wildman–Crippen MR) is 76.0 cm³/mol. The summed E-state index contributed by atoms with van der Waals surface area (Å²) in [7, 11) is 1.71. The number of ether oxygens (including phenoxy) is 2. The van der Waals surface area contributed by atoms with Gasteiger partial charge in [-0.1, -0.05) is 27.7 Å². The highest BCUT2D eigenvalue weighted by molar-refractivity contribution is 5.40. The normalized spacial score (nSPS) is 21.2. The van der Waals surface area contributed by atoms with Crippen molar-refractivity contribution in [2.75, 3.05) is 13.7 Å². The van der Waals surface area contributed by atoms with Crippen LogP contribution in [0.5, 0.6) is 0 Å². The van der Waals surface area contributed by atoms with Crippen LogP contribution in [-0.2, 0) is 15.1 Å². The minimum atomic E-state index is -0.253. The summed E-state index contributed by atoms with van der Waals surface area (Å²) in [5.41, 5.74) is 3.36. The van der Waals surface area contributed by atoms with E-state index in [-0.39, 0.29) is 11.7 Å². The molecule has 1 unspecified atom stereocenters. The number of hydrogen-bond donors (Lipinski definition) is 0. The summed E-state index contributed by atoms with van der Waals surface area (Å²) in [5.74, 6) is 0.798. The first kappa shape index (κ1) is 14.5. The van der Waals surface area contributed by atoms with Gasteiger partial charge in [0, 0.05) is 18.9 Å². The fraction of sp³-hybridized carbons (Fsp3) is 0.688. The molecule has 0 radical (unpaired) electrons. The summed E-state index contributed by atoms with van der Waals surface area (Å²) in [6.45, 7) is 11.6. The Balaban J connectivity index is 2.62. The van der Waals surface area contributed by atoms with E-state index in [1.807, 2.05) is 6.20 Å². The van der Waals surface area contributed by atoms with E-state index in [0.29, 0.717) is 18.4 Å². The Labute approximate surface area is 116 Å². The summed E-state index contributed by atoms with van der Waals surface area (Å²) < 4.78 is 11.8. The first-order valence-electron chi connectivity index (χ1n) is 7.07. The van der Waals surface area contributed by atoms with E-state index in [9.17, 15) is 0 Å². The monoisotopic (exact) mass is 263 g/mol. The summed E-state index contributed by atoms with van der Waals surface area (Å²) in [4.78, 5) is 4.58. The molecule has 0 fully saturated rings. The van der Waals surface area contributed by atoms with Gasteiger partial charge in [0.05, 0.1) is 12.3 Å². The molecule has 2 heterocycles. The highest BCUT2D eigenvalue weighted by Gasteiger charge is 2.50. The minimum Gasteiger partial charge on any atom is -0.382 e. The van der Waals surface area contributed by atoms with Crippen molar-refractivity contribution in [2.45, 2.75) is 46.3 Å². The molecule has 0 N–H and O–H groups in total. The van der Waals surface area contributed by atoms with E-state index in [4.69, 9.17) is 9.47 Å². The van der Waals surface area contributed by atoms with Gasteiger partial charge in [-0.25, -0.2) is 0 Å². The van der Waals surface area contributed by atoms with Gasteiger partial charge in [-0.05, 0) is 30.4 Å². The van der Waals surface area contributed by atoms with Gasteiger partial charge >= 0.3 is 0 Å². The van der Waals surface area contributed by atoms with Gasteiger partial charge in [-0.15, -0.1) is 0 Å². The van der Waals surface area contributed by atoms with Crippen LogP contribution in [0.25, 0.3) is 0 Å². The number of rotatable bonds is 4. The van der Waals surface area contributed by atoms with Crippen molar-refractivity contribution in [3.8, 4) is 0 Å². The first-order chi connectivity index (χ1) is 8.95. The average Bonchev–Trinajstić information content (AvgIpc) is 2.67. The number of fused-ring (bicyclic) bond motifs is 1. The quantitative estimate of drug-likeness (QED) is 0.831. The molecule has 3 heteroatoms. The molecule has 0 saturated heterocycles. The van der Waals surface area contributed by atoms with E-state index in [2.05, 4.69) is 45.7 Å². The molecule has 1 atom stereocenters. The molecule has 1 aliphatic rings. The third-order valence-electron chi connectivity index (χ3n) is 4.26. The van der Waals surface area contributed by atoms with Crippen molar-refractivity contribution < 1.29 is 9.47 Å². The van der Waals surface area contributed by atoms with Crippen LogP contribution in [0.15, 0.2) is 12.3 Å². The van der Waals surface area contributed by atoms with Gasteiger partial charge < -0.3 is 9.47 Å². The van der Waals surface area contributed by atoms with Crippen LogP contribution in [-0.4, -0.2) is 18.7 Å². The van der Waals surface area contributed by atoms with Crippen molar-refractivity contribution in [3.05, 3.63) is 29.1 Å². The maximum atomic E-state index is 6.48. The standard InChI is InChI=1S/C16H25NO2/c1-10(2)16(11(3)4)14-12(5)7-8-17-15(14)13(19-16)9-18-6/h7-8,10-11,13H,9H2,1-6H3. The van der Waals surface area contributed by atoms with Gasteiger partial charge in [0.25, 0.3) is 0 Å². The zero-order valence-corrected chi connectivity index (χ0v) is 12.9. The Kier molecular flexibility index (Phi) is 3.98. The molecule has 1 aliphatic heterocycles. The highest BCUT2D eigenvalue weighted by Crippen LogP contribution is 2.52. The second-order valence-corrected chi connectivity index (χ2v) is 6.05. The second-order valence-electron chi connectivity index (χ2n) is 6.05. The summed E-state index contributed by atoms with van der Waals surface area (Å²) >= 11 is 0. The Bertz CT molecular complexity index is 446. The van der Waals surface area contributed by atoms with Gasteiger partial charge in [0.1, 0.15) is 11.7 Å². The third kappa shape index (κ3) is 2.09.